The molecule has 1 atom stereocenters. The zero-order valence-electron chi connectivity index (χ0n) is 22.5. The van der Waals surface area contributed by atoms with Gasteiger partial charge in [-0.3, -0.25) is 24.6 Å². The Morgan fingerprint density at radius 3 is 2.60 bits per heavy atom. The molecule has 0 radical (unpaired) electrons. The van der Waals surface area contributed by atoms with E-state index in [0.717, 1.165) is 66.1 Å². The van der Waals surface area contributed by atoms with Gasteiger partial charge in [-0.25, -0.2) is 10.3 Å². The molecule has 2 fully saturated rings. The number of urea groups is 1. The highest BCUT2D eigenvalue weighted by Gasteiger charge is 2.44. The zero-order valence-corrected chi connectivity index (χ0v) is 22.5. The lowest BCUT2D eigenvalue weighted by molar-refractivity contribution is -0.132. The smallest absolute Gasteiger partial charge is 0.326 e. The van der Waals surface area contributed by atoms with E-state index in [9.17, 15) is 14.4 Å². The van der Waals surface area contributed by atoms with Crippen molar-refractivity contribution in [3.05, 3.63) is 70.4 Å². The van der Waals surface area contributed by atoms with Crippen molar-refractivity contribution in [1.82, 2.24) is 24.7 Å². The van der Waals surface area contributed by atoms with Crippen molar-refractivity contribution in [3.8, 4) is 0 Å². The topological polar surface area (TPSA) is 117 Å². The van der Waals surface area contributed by atoms with Crippen LogP contribution in [0.25, 0.3) is 10.9 Å². The van der Waals surface area contributed by atoms with Crippen LogP contribution in [-0.2, 0) is 34.0 Å². The highest BCUT2D eigenvalue weighted by atomic mass is 16.5. The van der Waals surface area contributed by atoms with Crippen molar-refractivity contribution in [2.45, 2.75) is 25.6 Å². The van der Waals surface area contributed by atoms with Gasteiger partial charge in [0.2, 0.25) is 5.91 Å². The van der Waals surface area contributed by atoms with E-state index in [0.29, 0.717) is 38.4 Å². The first-order valence-corrected chi connectivity index (χ1v) is 13.6. The van der Waals surface area contributed by atoms with Gasteiger partial charge in [0, 0.05) is 61.9 Å². The van der Waals surface area contributed by atoms with Gasteiger partial charge in [-0.2, -0.15) is 0 Å². The number of hydrogen-bond acceptors (Lipinski definition) is 7. The van der Waals surface area contributed by atoms with Crippen LogP contribution in [0.1, 0.15) is 38.7 Å². The quantitative estimate of drug-likeness (QED) is 0.252. The Morgan fingerprint density at radius 2 is 1.85 bits per heavy atom. The number of carbonyl (C=O) groups excluding carboxylic acids is 3. The number of benzene rings is 2. The van der Waals surface area contributed by atoms with Crippen molar-refractivity contribution in [2.24, 2.45) is 0 Å². The van der Waals surface area contributed by atoms with E-state index in [1.807, 2.05) is 12.1 Å². The molecule has 3 aliphatic heterocycles. The Hall–Kier alpha value is -3.77. The Bertz CT molecular complexity index is 1450. The summed E-state index contributed by atoms with van der Waals surface area (Å²) >= 11 is 0. The summed E-state index contributed by atoms with van der Waals surface area (Å²) in [4.78, 5) is 43.1. The number of fused-ring (bicyclic) bond motifs is 6. The molecule has 11 nitrogen and oxygen atoms in total. The first-order valence-electron chi connectivity index (χ1n) is 13.6. The average molecular weight is 548 g/mol. The number of amides is 4. The second kappa shape index (κ2) is 11.0. The van der Waals surface area contributed by atoms with Gasteiger partial charge in [-0.05, 0) is 41.0 Å². The lowest BCUT2D eigenvalue weighted by Crippen LogP contribution is -2.56. The van der Waals surface area contributed by atoms with Crippen LogP contribution in [0.5, 0.6) is 0 Å². The normalized spacial score (nSPS) is 19.3. The summed E-state index contributed by atoms with van der Waals surface area (Å²) in [5.74, 6) is -1.19. The Morgan fingerprint density at radius 1 is 1.10 bits per heavy atom. The van der Waals surface area contributed by atoms with Crippen LogP contribution in [0.4, 0.5) is 4.79 Å². The number of ether oxygens (including phenoxy) is 2. The lowest BCUT2D eigenvalue weighted by atomic mass is 9.88. The Kier molecular flexibility index (Phi) is 7.28. The number of aromatic nitrogens is 1. The first kappa shape index (κ1) is 26.5. The monoisotopic (exact) mass is 547 g/mol. The highest BCUT2D eigenvalue weighted by Crippen LogP contribution is 2.41. The predicted octanol–water partition coefficient (Wildman–Crippen LogP) is 2.15. The van der Waals surface area contributed by atoms with E-state index >= 15 is 0 Å². The van der Waals surface area contributed by atoms with Crippen molar-refractivity contribution in [1.29, 1.82) is 0 Å². The van der Waals surface area contributed by atoms with Crippen LogP contribution in [-0.4, -0.2) is 95.4 Å². The maximum absolute atomic E-state index is 13.3. The number of hydroxylamine groups is 1. The summed E-state index contributed by atoms with van der Waals surface area (Å²) in [6.07, 6.45) is 0. The third-order valence-electron chi connectivity index (χ3n) is 8.14. The van der Waals surface area contributed by atoms with Crippen molar-refractivity contribution in [2.75, 3.05) is 53.0 Å². The molecular weight excluding hydrogens is 514 g/mol. The molecule has 0 spiro atoms. The fourth-order valence-corrected chi connectivity index (χ4v) is 5.97. The van der Waals surface area contributed by atoms with Gasteiger partial charge in [-0.15, -0.1) is 0 Å². The molecule has 11 heteroatoms. The fourth-order valence-electron chi connectivity index (χ4n) is 5.97. The van der Waals surface area contributed by atoms with Crippen LogP contribution in [0, 0.1) is 0 Å². The summed E-state index contributed by atoms with van der Waals surface area (Å²) in [6.45, 7) is 6.63. The number of carbonyl (C=O) groups is 3. The first-order chi connectivity index (χ1) is 19.4. The average Bonchev–Trinajstić information content (AvgIpc) is 3.30. The van der Waals surface area contributed by atoms with E-state index in [4.69, 9.17) is 14.7 Å². The summed E-state index contributed by atoms with van der Waals surface area (Å²) in [7, 11) is 1.55. The fraction of sp³-hybridized carbons (Fsp3) is 0.414. The minimum atomic E-state index is -0.572. The number of likely N-dealkylation sites (N-methyl/N-ethyl adjacent to an activating group) is 1. The van der Waals surface area contributed by atoms with Gasteiger partial charge in [0.25, 0.3) is 5.91 Å². The number of nitrogens with one attached hydrogen (secondary N) is 1. The maximum atomic E-state index is 13.3. The van der Waals surface area contributed by atoms with Crippen molar-refractivity contribution in [3.63, 3.8) is 0 Å². The van der Waals surface area contributed by atoms with Gasteiger partial charge >= 0.3 is 6.03 Å². The number of rotatable bonds is 8. The van der Waals surface area contributed by atoms with E-state index in [1.54, 1.807) is 29.6 Å². The molecule has 3 aromatic rings. The molecule has 2 bridgehead atoms. The van der Waals surface area contributed by atoms with Gasteiger partial charge in [0.15, 0.2) is 0 Å². The molecule has 6 rings (SSSR count). The SMILES string of the molecule is CN1C(=O)C2CN(Cc3c2c2cc(COCCN4CCOCC4)ccc2n3Cc2ccc(C(=O)NO)cc2)C1=O. The molecule has 2 saturated heterocycles. The summed E-state index contributed by atoms with van der Waals surface area (Å²) in [5, 5.41) is 9.92. The van der Waals surface area contributed by atoms with Gasteiger partial charge in [0.05, 0.1) is 38.9 Å². The third-order valence-corrected chi connectivity index (χ3v) is 8.14. The summed E-state index contributed by atoms with van der Waals surface area (Å²) in [5.41, 5.74) is 6.89. The van der Waals surface area contributed by atoms with Crippen LogP contribution in [0.15, 0.2) is 42.5 Å². The van der Waals surface area contributed by atoms with E-state index in [-0.39, 0.29) is 11.9 Å². The molecular formula is C29H33N5O6. The largest absolute Gasteiger partial charge is 0.379 e. The molecule has 4 heterocycles. The van der Waals surface area contributed by atoms with Crippen molar-refractivity contribution < 1.29 is 29.1 Å². The number of morpholine rings is 1. The molecule has 3 aliphatic rings. The van der Waals surface area contributed by atoms with E-state index < -0.39 is 11.8 Å². The lowest BCUT2D eigenvalue weighted by Gasteiger charge is -2.41. The van der Waals surface area contributed by atoms with Gasteiger partial charge in [-0.1, -0.05) is 18.2 Å². The number of imide groups is 1. The Balaban J connectivity index is 1.31. The highest BCUT2D eigenvalue weighted by molar-refractivity contribution is 6.04. The molecule has 40 heavy (non-hydrogen) atoms. The summed E-state index contributed by atoms with van der Waals surface area (Å²) in [6, 6.07) is 13.0. The molecule has 2 N–H and O–H groups in total. The Labute approximate surface area is 231 Å². The van der Waals surface area contributed by atoms with Crippen molar-refractivity contribution >= 4 is 28.7 Å². The predicted molar refractivity (Wildman–Crippen MR) is 145 cm³/mol. The minimum absolute atomic E-state index is 0.187. The molecule has 1 unspecified atom stereocenters. The van der Waals surface area contributed by atoms with Crippen LogP contribution in [0.2, 0.25) is 0 Å². The molecule has 0 aliphatic carbocycles. The number of nitrogens with zero attached hydrogens (tertiary/aromatic N) is 4. The minimum Gasteiger partial charge on any atom is -0.379 e. The van der Waals surface area contributed by atoms with Crippen LogP contribution >= 0.6 is 0 Å². The number of hydrogen-bond donors (Lipinski definition) is 2. The molecule has 1 aromatic heterocycles. The van der Waals surface area contributed by atoms with Crippen LogP contribution < -0.4 is 5.48 Å². The second-order valence-corrected chi connectivity index (χ2v) is 10.6. The zero-order chi connectivity index (χ0) is 27.8. The van der Waals surface area contributed by atoms with E-state index in [1.165, 1.54) is 4.90 Å². The van der Waals surface area contributed by atoms with Gasteiger partial charge < -0.3 is 18.9 Å². The molecule has 2 aromatic carbocycles. The third kappa shape index (κ3) is 4.86. The van der Waals surface area contributed by atoms with Crippen LogP contribution in [0.3, 0.4) is 0 Å². The second-order valence-electron chi connectivity index (χ2n) is 10.6. The standard InChI is InChI=1S/C29H33N5O6/c1-31-28(36)23-16-33(29(31)37)17-25-26(23)22-14-20(18-40-13-10-32-8-11-39-12-9-32)4-7-24(22)34(25)15-19-2-5-21(6-3-19)27(35)30-38/h2-7,14,23,38H,8-13,15-18H2,1H3,(H,30,35). The maximum Gasteiger partial charge on any atom is 0.326 e. The van der Waals surface area contributed by atoms with Gasteiger partial charge in [0.1, 0.15) is 0 Å². The molecule has 0 saturated carbocycles. The summed E-state index contributed by atoms with van der Waals surface area (Å²) < 4.78 is 13.6. The molecule has 210 valence electrons. The van der Waals surface area contributed by atoms with E-state index in [2.05, 4.69) is 27.7 Å². The molecule has 4 amide bonds.